The van der Waals surface area contributed by atoms with Crippen molar-refractivity contribution >= 4 is 22.9 Å². The summed E-state index contributed by atoms with van der Waals surface area (Å²) in [5.74, 6) is 0. The number of β-amino-alcohol motifs (C(OH)–C–C–N with tert-alkyl or cyclic N) is 1. The molecule has 2 aromatic rings. The van der Waals surface area contributed by atoms with Crippen molar-refractivity contribution in [3.05, 3.63) is 56.7 Å². The molecule has 0 radical (unpaired) electrons. The van der Waals surface area contributed by atoms with Crippen molar-refractivity contribution in [2.45, 2.75) is 19.2 Å². The number of rotatable bonds is 2. The minimum absolute atomic E-state index is 0.384. The van der Waals surface area contributed by atoms with Crippen LogP contribution in [-0.2, 0) is 13.1 Å². The van der Waals surface area contributed by atoms with E-state index in [4.69, 9.17) is 11.6 Å². The minimum Gasteiger partial charge on any atom is -0.387 e. The topological polar surface area (TPSA) is 23.5 Å². The van der Waals surface area contributed by atoms with E-state index in [1.165, 1.54) is 10.4 Å². The third kappa shape index (κ3) is 2.45. The van der Waals surface area contributed by atoms with Crippen LogP contribution in [0.3, 0.4) is 0 Å². The first kappa shape index (κ1) is 12.2. The predicted octanol–water partition coefficient (Wildman–Crippen LogP) is 3.45. The van der Waals surface area contributed by atoms with Gasteiger partial charge in [-0.1, -0.05) is 35.9 Å². The first-order valence-electron chi connectivity index (χ1n) is 5.95. The maximum Gasteiger partial charge on any atom is 0.0931 e. The largest absolute Gasteiger partial charge is 0.387 e. The SMILES string of the molecule is O[C@@H]1CN(Cc2ccc(Cl)s2)Cc2ccccc21. The molecule has 18 heavy (non-hydrogen) atoms. The van der Waals surface area contributed by atoms with Crippen molar-refractivity contribution in [1.29, 1.82) is 0 Å². The molecule has 1 aliphatic heterocycles. The first-order chi connectivity index (χ1) is 8.72. The van der Waals surface area contributed by atoms with Gasteiger partial charge in [0.05, 0.1) is 10.4 Å². The Hall–Kier alpha value is -0.870. The summed E-state index contributed by atoms with van der Waals surface area (Å²) < 4.78 is 0.822. The lowest BCUT2D eigenvalue weighted by Gasteiger charge is -2.31. The number of halogens is 1. The van der Waals surface area contributed by atoms with Gasteiger partial charge in [-0.05, 0) is 23.3 Å². The number of benzene rings is 1. The monoisotopic (exact) mass is 279 g/mol. The lowest BCUT2D eigenvalue weighted by atomic mass is 9.97. The molecule has 0 bridgehead atoms. The Morgan fingerprint density at radius 3 is 2.89 bits per heavy atom. The van der Waals surface area contributed by atoms with Crippen molar-refractivity contribution in [2.75, 3.05) is 6.54 Å². The van der Waals surface area contributed by atoms with Crippen LogP contribution in [0.2, 0.25) is 4.34 Å². The molecular weight excluding hydrogens is 266 g/mol. The van der Waals surface area contributed by atoms with E-state index in [1.807, 2.05) is 24.3 Å². The van der Waals surface area contributed by atoms with Gasteiger partial charge in [0, 0.05) is 24.5 Å². The molecule has 0 unspecified atom stereocenters. The number of hydrogen-bond donors (Lipinski definition) is 1. The number of thiophene rings is 1. The van der Waals surface area contributed by atoms with Gasteiger partial charge in [-0.3, -0.25) is 4.90 Å². The third-order valence-corrected chi connectivity index (χ3v) is 4.46. The molecule has 0 fully saturated rings. The van der Waals surface area contributed by atoms with E-state index in [2.05, 4.69) is 17.0 Å². The van der Waals surface area contributed by atoms with Gasteiger partial charge < -0.3 is 5.11 Å². The molecule has 0 aliphatic carbocycles. The molecule has 1 aliphatic rings. The van der Waals surface area contributed by atoms with Gasteiger partial charge in [0.2, 0.25) is 0 Å². The van der Waals surface area contributed by atoms with Crippen molar-refractivity contribution in [3.63, 3.8) is 0 Å². The number of fused-ring (bicyclic) bond motifs is 1. The van der Waals surface area contributed by atoms with Crippen molar-refractivity contribution in [2.24, 2.45) is 0 Å². The fraction of sp³-hybridized carbons (Fsp3) is 0.286. The van der Waals surface area contributed by atoms with E-state index in [9.17, 15) is 5.11 Å². The van der Waals surface area contributed by atoms with E-state index in [0.29, 0.717) is 6.54 Å². The van der Waals surface area contributed by atoms with E-state index in [1.54, 1.807) is 11.3 Å². The van der Waals surface area contributed by atoms with Gasteiger partial charge in [-0.2, -0.15) is 0 Å². The summed E-state index contributed by atoms with van der Waals surface area (Å²) in [6.07, 6.45) is -0.384. The van der Waals surface area contributed by atoms with E-state index in [-0.39, 0.29) is 6.10 Å². The lowest BCUT2D eigenvalue weighted by molar-refractivity contribution is 0.0888. The van der Waals surface area contributed by atoms with Gasteiger partial charge in [-0.15, -0.1) is 11.3 Å². The Bertz CT molecular complexity index is 554. The molecule has 1 atom stereocenters. The van der Waals surface area contributed by atoms with Gasteiger partial charge in [0.25, 0.3) is 0 Å². The summed E-state index contributed by atoms with van der Waals surface area (Å²) in [7, 11) is 0. The van der Waals surface area contributed by atoms with Crippen LogP contribution in [0.25, 0.3) is 0 Å². The molecule has 1 aromatic carbocycles. The highest BCUT2D eigenvalue weighted by molar-refractivity contribution is 7.16. The van der Waals surface area contributed by atoms with Crippen LogP contribution in [0.4, 0.5) is 0 Å². The molecule has 94 valence electrons. The van der Waals surface area contributed by atoms with E-state index >= 15 is 0 Å². The maximum absolute atomic E-state index is 10.2. The average molecular weight is 280 g/mol. The van der Waals surface area contributed by atoms with Crippen LogP contribution in [-0.4, -0.2) is 16.6 Å². The Morgan fingerprint density at radius 2 is 2.11 bits per heavy atom. The van der Waals surface area contributed by atoms with Crippen LogP contribution in [0.15, 0.2) is 36.4 Å². The van der Waals surface area contributed by atoms with Crippen molar-refractivity contribution in [1.82, 2.24) is 4.90 Å². The average Bonchev–Trinajstić information content (AvgIpc) is 2.75. The van der Waals surface area contributed by atoms with Crippen molar-refractivity contribution in [3.8, 4) is 0 Å². The van der Waals surface area contributed by atoms with Gasteiger partial charge in [0.15, 0.2) is 0 Å². The Balaban J connectivity index is 1.77. The third-order valence-electron chi connectivity index (χ3n) is 3.25. The van der Waals surface area contributed by atoms with E-state index in [0.717, 1.165) is 23.0 Å². The zero-order chi connectivity index (χ0) is 12.5. The molecule has 0 amide bonds. The smallest absolute Gasteiger partial charge is 0.0931 e. The fourth-order valence-electron chi connectivity index (χ4n) is 2.43. The number of aliphatic hydroxyl groups excluding tert-OH is 1. The van der Waals surface area contributed by atoms with Gasteiger partial charge in [0.1, 0.15) is 0 Å². The molecule has 3 rings (SSSR count). The number of hydrogen-bond acceptors (Lipinski definition) is 3. The highest BCUT2D eigenvalue weighted by atomic mass is 35.5. The normalized spacial score (nSPS) is 19.8. The predicted molar refractivity (Wildman–Crippen MR) is 74.8 cm³/mol. The minimum atomic E-state index is -0.384. The summed E-state index contributed by atoms with van der Waals surface area (Å²) in [5.41, 5.74) is 2.29. The Morgan fingerprint density at radius 1 is 1.28 bits per heavy atom. The van der Waals surface area contributed by atoms with Crippen LogP contribution in [0.1, 0.15) is 22.1 Å². The van der Waals surface area contributed by atoms with Crippen LogP contribution in [0.5, 0.6) is 0 Å². The van der Waals surface area contributed by atoms with E-state index < -0.39 is 0 Å². The zero-order valence-corrected chi connectivity index (χ0v) is 11.4. The molecule has 4 heteroatoms. The Labute approximate surface area is 115 Å². The molecule has 0 saturated carbocycles. The second kappa shape index (κ2) is 5.02. The second-order valence-corrected chi connectivity index (χ2v) is 6.39. The van der Waals surface area contributed by atoms with Gasteiger partial charge >= 0.3 is 0 Å². The molecule has 0 saturated heterocycles. The first-order valence-corrected chi connectivity index (χ1v) is 7.14. The van der Waals surface area contributed by atoms with Crippen LogP contribution >= 0.6 is 22.9 Å². The summed E-state index contributed by atoms with van der Waals surface area (Å²) in [4.78, 5) is 3.50. The molecular formula is C14H14ClNOS. The summed E-state index contributed by atoms with van der Waals surface area (Å²) >= 11 is 7.54. The lowest BCUT2D eigenvalue weighted by Crippen LogP contribution is -2.32. The molecule has 0 spiro atoms. The quantitative estimate of drug-likeness (QED) is 0.910. The highest BCUT2D eigenvalue weighted by Crippen LogP contribution is 2.29. The molecule has 1 aromatic heterocycles. The Kier molecular flexibility index (Phi) is 3.39. The molecule has 2 nitrogen and oxygen atoms in total. The highest BCUT2D eigenvalue weighted by Gasteiger charge is 2.23. The van der Waals surface area contributed by atoms with Crippen molar-refractivity contribution < 1.29 is 5.11 Å². The van der Waals surface area contributed by atoms with Crippen LogP contribution in [0, 0.1) is 0 Å². The molecule has 1 N–H and O–H groups in total. The second-order valence-electron chi connectivity index (χ2n) is 4.59. The van der Waals surface area contributed by atoms with Gasteiger partial charge in [-0.25, -0.2) is 0 Å². The molecule has 2 heterocycles. The number of nitrogens with zero attached hydrogens (tertiary/aromatic N) is 1. The summed E-state index contributed by atoms with van der Waals surface area (Å²) in [6.45, 7) is 2.43. The number of aliphatic hydroxyl groups is 1. The summed E-state index contributed by atoms with van der Waals surface area (Å²) in [6, 6.07) is 12.1. The fourth-order valence-corrected chi connectivity index (χ4v) is 3.56. The summed E-state index contributed by atoms with van der Waals surface area (Å²) in [5, 5.41) is 10.2. The maximum atomic E-state index is 10.2. The standard InChI is InChI=1S/C14H14ClNOS/c15-14-6-5-11(18-14)8-16-7-10-3-1-2-4-12(10)13(17)9-16/h1-6,13,17H,7-9H2/t13-/m1/s1. The zero-order valence-electron chi connectivity index (χ0n) is 9.84. The van der Waals surface area contributed by atoms with Crippen LogP contribution < -0.4 is 0 Å².